The SMILES string of the molecule is CC[C@@]1(O)CCc2ccc(-n3c4nc(Nc5ccc(NCCNC6CCN(C[C@@H]7CCC(c8cc9o[nH]c(C%10CCC(=O)NC%10=O)c9c9ccnc89)C7)CC6)cc5)ncc4c(=O)n3CC=C(F)F)nc21. The molecule has 2 unspecified atom stereocenters. The van der Waals surface area contributed by atoms with E-state index in [1.165, 1.54) is 22.9 Å². The number of nitrogens with one attached hydrogen (secondary N) is 5. The van der Waals surface area contributed by atoms with E-state index >= 15 is 0 Å². The monoisotopic (exact) mass is 954 g/mol. The van der Waals surface area contributed by atoms with Crippen LogP contribution in [0.15, 0.2) is 82.4 Å². The van der Waals surface area contributed by atoms with Crippen LogP contribution in [0.2, 0.25) is 0 Å². The summed E-state index contributed by atoms with van der Waals surface area (Å²) in [6.07, 6.45) is 9.96. The van der Waals surface area contributed by atoms with Crippen LogP contribution in [0.3, 0.4) is 0 Å². The minimum atomic E-state index is -1.91. The fraction of sp³-hybridized carbons (Fsp3) is 0.431. The van der Waals surface area contributed by atoms with Crippen LogP contribution >= 0.6 is 0 Å². The van der Waals surface area contributed by atoms with E-state index < -0.39 is 29.7 Å². The molecule has 4 atom stereocenters. The number of halogens is 2. The van der Waals surface area contributed by atoms with Crippen LogP contribution in [0.4, 0.5) is 26.1 Å². The number of pyridine rings is 1. The number of allylic oxidation sites excluding steroid dienone is 1. The summed E-state index contributed by atoms with van der Waals surface area (Å²) in [4.78, 5) is 59.3. The molecule has 1 saturated carbocycles. The molecule has 2 aromatic carbocycles. The lowest BCUT2D eigenvalue weighted by atomic mass is 9.89. The molecule has 7 heterocycles. The Morgan fingerprint density at radius 1 is 0.957 bits per heavy atom. The second-order valence-electron chi connectivity index (χ2n) is 19.4. The smallest absolute Gasteiger partial charge is 0.278 e. The normalized spacial score (nSPS) is 22.0. The minimum Gasteiger partial charge on any atom is -0.384 e. The molecule has 0 bridgehead atoms. The van der Waals surface area contributed by atoms with Gasteiger partial charge in [-0.2, -0.15) is 13.8 Å². The zero-order valence-electron chi connectivity index (χ0n) is 38.9. The number of aromatic amines is 1. The second kappa shape index (κ2) is 18.8. The van der Waals surface area contributed by atoms with Gasteiger partial charge < -0.3 is 30.5 Å². The molecule has 7 aromatic rings. The van der Waals surface area contributed by atoms with Gasteiger partial charge in [-0.1, -0.05) is 13.0 Å². The van der Waals surface area contributed by atoms with Crippen molar-refractivity contribution in [1.82, 2.24) is 50.0 Å². The molecule has 11 rings (SSSR count). The van der Waals surface area contributed by atoms with Crippen molar-refractivity contribution < 1.29 is 28.0 Å². The molecule has 6 N–H and O–H groups in total. The molecule has 2 aliphatic carbocycles. The molecule has 5 aromatic heterocycles. The fourth-order valence-corrected chi connectivity index (χ4v) is 11.4. The van der Waals surface area contributed by atoms with Crippen molar-refractivity contribution in [2.24, 2.45) is 5.92 Å². The molecule has 2 aliphatic heterocycles. The Morgan fingerprint density at radius 2 is 1.79 bits per heavy atom. The number of aromatic nitrogens is 7. The Bertz CT molecular complexity index is 3200. The number of hydrogen-bond donors (Lipinski definition) is 6. The van der Waals surface area contributed by atoms with Gasteiger partial charge in [-0.15, -0.1) is 0 Å². The van der Waals surface area contributed by atoms with E-state index in [0.29, 0.717) is 67.4 Å². The van der Waals surface area contributed by atoms with Gasteiger partial charge in [0.05, 0.1) is 34.8 Å². The van der Waals surface area contributed by atoms with Crippen LogP contribution in [-0.2, 0) is 28.2 Å². The fourth-order valence-electron chi connectivity index (χ4n) is 11.4. The van der Waals surface area contributed by atoms with Gasteiger partial charge in [0.25, 0.3) is 11.6 Å². The quantitative estimate of drug-likeness (QED) is 0.0443. The van der Waals surface area contributed by atoms with Crippen LogP contribution in [0.5, 0.6) is 0 Å². The van der Waals surface area contributed by atoms with E-state index in [0.717, 1.165) is 102 Å². The van der Waals surface area contributed by atoms with Gasteiger partial charge in [-0.05, 0) is 136 Å². The zero-order chi connectivity index (χ0) is 48.1. The van der Waals surface area contributed by atoms with Gasteiger partial charge in [0, 0.05) is 67.3 Å². The number of fused-ring (bicyclic) bond motifs is 5. The number of hydrogen-bond acceptors (Lipinski definition) is 13. The predicted octanol–water partition coefficient (Wildman–Crippen LogP) is 7.24. The van der Waals surface area contributed by atoms with Gasteiger partial charge in [0.1, 0.15) is 11.0 Å². The number of likely N-dealkylation sites (tertiary alicyclic amines) is 1. The summed E-state index contributed by atoms with van der Waals surface area (Å²) in [5.41, 5.74) is 5.28. The summed E-state index contributed by atoms with van der Waals surface area (Å²) < 4.78 is 35.1. The number of carbonyl (C=O) groups is 2. The standard InChI is InChI=1S/C51H56F2N12O5/c1-2-51(69)18-13-30-5-11-41(59-46(30)51)65-47-38(49(68)64(65)24-17-40(52)53)27-57-50(61-47)58-34-8-6-32(7-9-34)54-20-21-55-33-15-22-63(23-16-33)28-29-3-4-31(25-29)37-26-39-43(35-14-19-56-44(35)37)45(62-70-39)36-10-12-42(66)60-48(36)67/h5-9,11,14,17,19,26-27,29,31,33,36,54-55,62,69H,2-4,10,12-13,15-16,18,20-25,28H2,1H3,(H,57,58,61)(H,60,66,67)/t29-,31?,36?,51-/m1/s1. The molecule has 17 nitrogen and oxygen atoms in total. The number of amides is 2. The average Bonchev–Trinajstić information content (AvgIpc) is 4.22. The number of anilines is 3. The second-order valence-corrected chi connectivity index (χ2v) is 19.4. The molecule has 0 radical (unpaired) electrons. The highest BCUT2D eigenvalue weighted by Crippen LogP contribution is 2.45. The third-order valence-corrected chi connectivity index (χ3v) is 15.1. The van der Waals surface area contributed by atoms with Crippen molar-refractivity contribution in [2.75, 3.05) is 43.4 Å². The molecule has 19 heteroatoms. The van der Waals surface area contributed by atoms with E-state index in [1.54, 1.807) is 6.07 Å². The van der Waals surface area contributed by atoms with Crippen LogP contribution in [0.1, 0.15) is 99.1 Å². The summed E-state index contributed by atoms with van der Waals surface area (Å²) in [6.45, 7) is 6.29. The number of aryl methyl sites for hydroxylation is 1. The molecule has 3 fully saturated rings. The third-order valence-electron chi connectivity index (χ3n) is 15.1. The van der Waals surface area contributed by atoms with Crippen LogP contribution < -0.4 is 26.8 Å². The van der Waals surface area contributed by atoms with Gasteiger partial charge in [-0.25, -0.2) is 24.5 Å². The molecule has 0 spiro atoms. The highest BCUT2D eigenvalue weighted by Gasteiger charge is 2.38. The van der Waals surface area contributed by atoms with Crippen LogP contribution in [0, 0.1) is 5.92 Å². The highest BCUT2D eigenvalue weighted by atomic mass is 19.3. The van der Waals surface area contributed by atoms with Crippen molar-refractivity contribution in [3.63, 3.8) is 0 Å². The van der Waals surface area contributed by atoms with Gasteiger partial charge in [0.2, 0.25) is 17.8 Å². The number of imide groups is 1. The summed E-state index contributed by atoms with van der Waals surface area (Å²) >= 11 is 0. The molecule has 2 saturated heterocycles. The van der Waals surface area contributed by atoms with E-state index in [2.05, 4.69) is 47.4 Å². The van der Waals surface area contributed by atoms with Crippen LogP contribution in [-0.4, -0.2) is 95.0 Å². The number of benzene rings is 2. The summed E-state index contributed by atoms with van der Waals surface area (Å²) in [5, 5.41) is 29.2. The first-order chi connectivity index (χ1) is 34.0. The lowest BCUT2D eigenvalue weighted by Crippen LogP contribution is -2.44. The minimum absolute atomic E-state index is 0.146. The van der Waals surface area contributed by atoms with Crippen LogP contribution in [0.25, 0.3) is 38.7 Å². The highest BCUT2D eigenvalue weighted by molar-refractivity contribution is 6.10. The Kier molecular flexibility index (Phi) is 12.3. The average molecular weight is 955 g/mol. The first kappa shape index (κ1) is 45.6. The maximum absolute atomic E-state index is 13.5. The number of piperidine rings is 2. The van der Waals surface area contributed by atoms with Crippen molar-refractivity contribution in [1.29, 1.82) is 0 Å². The summed E-state index contributed by atoms with van der Waals surface area (Å²) in [5.74, 6) is 0.498. The number of aliphatic hydroxyl groups is 1. The van der Waals surface area contributed by atoms with E-state index in [-0.39, 0.29) is 34.6 Å². The molecule has 2 amide bonds. The molecule has 4 aliphatic rings. The number of carbonyl (C=O) groups excluding carboxylic acids is 2. The molecule has 364 valence electrons. The zero-order valence-corrected chi connectivity index (χ0v) is 38.9. The Hall–Kier alpha value is -6.83. The first-order valence-electron chi connectivity index (χ1n) is 24.5. The van der Waals surface area contributed by atoms with Crippen molar-refractivity contribution in [3.8, 4) is 5.82 Å². The van der Waals surface area contributed by atoms with Crippen molar-refractivity contribution in [2.45, 2.75) is 101 Å². The predicted molar refractivity (Wildman–Crippen MR) is 260 cm³/mol. The van der Waals surface area contributed by atoms with E-state index in [4.69, 9.17) is 14.5 Å². The van der Waals surface area contributed by atoms with Gasteiger partial charge >= 0.3 is 0 Å². The molecular formula is C51H56F2N12O5. The van der Waals surface area contributed by atoms with E-state index in [1.807, 2.05) is 49.5 Å². The Morgan fingerprint density at radius 3 is 2.59 bits per heavy atom. The topological polar surface area (TPSA) is 213 Å². The van der Waals surface area contributed by atoms with E-state index in [9.17, 15) is 28.3 Å². The largest absolute Gasteiger partial charge is 0.384 e. The Balaban J connectivity index is 0.658. The van der Waals surface area contributed by atoms with Gasteiger partial charge in [-0.3, -0.25) is 24.7 Å². The number of rotatable bonds is 15. The first-order valence-corrected chi connectivity index (χ1v) is 24.5. The Labute approximate surface area is 401 Å². The third kappa shape index (κ3) is 8.74. The van der Waals surface area contributed by atoms with Crippen molar-refractivity contribution in [3.05, 3.63) is 106 Å². The van der Waals surface area contributed by atoms with Crippen molar-refractivity contribution >= 4 is 62.0 Å². The molecule has 70 heavy (non-hydrogen) atoms. The lowest BCUT2D eigenvalue weighted by Gasteiger charge is -2.34. The summed E-state index contributed by atoms with van der Waals surface area (Å²) in [6, 6.07) is 15.9. The maximum atomic E-state index is 13.5. The maximum Gasteiger partial charge on any atom is 0.278 e. The summed E-state index contributed by atoms with van der Waals surface area (Å²) in [7, 11) is 0. The number of H-pyrrole nitrogens is 1. The lowest BCUT2D eigenvalue weighted by molar-refractivity contribution is -0.134. The van der Waals surface area contributed by atoms with Gasteiger partial charge in [0.15, 0.2) is 17.0 Å². The molecular weight excluding hydrogens is 899 g/mol. The number of nitrogens with zero attached hydrogens (tertiary/aromatic N) is 7.